The van der Waals surface area contributed by atoms with E-state index in [1.165, 1.54) is 0 Å². The molecule has 2 aromatic heterocycles. The number of Topliss-reactive ketones (excluding diaryl/α,β-unsaturated/α-hetero) is 1. The lowest BCUT2D eigenvalue weighted by atomic mass is 9.89. The molecule has 0 amide bonds. The number of rotatable bonds is 6. The van der Waals surface area contributed by atoms with Gasteiger partial charge in [0.1, 0.15) is 5.78 Å². The van der Waals surface area contributed by atoms with Gasteiger partial charge in [0, 0.05) is 36.7 Å². The molecular weight excluding hydrogens is 431 g/mol. The average molecular weight is 458 g/mol. The van der Waals surface area contributed by atoms with E-state index in [0.29, 0.717) is 31.6 Å². The number of alkyl halides is 3. The number of aromatic nitrogens is 4. The highest BCUT2D eigenvalue weighted by Crippen LogP contribution is 2.58. The van der Waals surface area contributed by atoms with Crippen LogP contribution in [0, 0.1) is 11.3 Å². The molecule has 0 bridgehead atoms. The third-order valence-electron chi connectivity index (χ3n) is 7.05. The molecule has 0 radical (unpaired) electrons. The summed E-state index contributed by atoms with van der Waals surface area (Å²) in [6.07, 6.45) is 1.43. The van der Waals surface area contributed by atoms with E-state index in [9.17, 15) is 18.0 Å². The molecule has 3 aromatic rings. The number of ketones is 1. The van der Waals surface area contributed by atoms with Crippen LogP contribution in [0.4, 0.5) is 13.2 Å². The number of benzene rings is 1. The fourth-order valence-corrected chi connectivity index (χ4v) is 4.77. The Kier molecular flexibility index (Phi) is 5.47. The summed E-state index contributed by atoms with van der Waals surface area (Å²) in [6.45, 7) is 1.13. The van der Waals surface area contributed by atoms with Crippen LogP contribution in [0.2, 0.25) is 0 Å². The summed E-state index contributed by atoms with van der Waals surface area (Å²) in [4.78, 5) is 14.8. The largest absolute Gasteiger partial charge is 0.395 e. The lowest BCUT2D eigenvalue weighted by Crippen LogP contribution is -2.43. The summed E-state index contributed by atoms with van der Waals surface area (Å²) < 4.78 is 41.4. The maximum Gasteiger partial charge on any atom is 0.395 e. The second-order valence-corrected chi connectivity index (χ2v) is 9.48. The van der Waals surface area contributed by atoms with E-state index in [-0.39, 0.29) is 37.5 Å². The van der Waals surface area contributed by atoms with Crippen molar-refractivity contribution in [1.29, 1.82) is 0 Å². The Morgan fingerprint density at radius 3 is 2.52 bits per heavy atom. The van der Waals surface area contributed by atoms with Gasteiger partial charge in [-0.15, -0.1) is 0 Å². The summed E-state index contributed by atoms with van der Waals surface area (Å²) in [5, 5.41) is 13.6. The molecule has 1 aromatic carbocycles. The average Bonchev–Trinajstić information content (AvgIpc) is 3.45. The minimum Gasteiger partial charge on any atom is -0.302 e. The summed E-state index contributed by atoms with van der Waals surface area (Å²) in [6, 6.07) is 7.79. The molecule has 1 aliphatic carbocycles. The third kappa shape index (κ3) is 4.51. The smallest absolute Gasteiger partial charge is 0.302 e. The fraction of sp³-hybridized carbons (Fsp3) is 0.500. The molecule has 3 heterocycles. The molecule has 0 N–H and O–H groups in total. The number of piperidine rings is 1. The molecule has 0 unspecified atom stereocenters. The standard InChI is InChI=1S/C24H26F3N5O/c1-31-14-19(13-28-31)17-2-3-21-18(10-17)11-20(29-30-21)12-22(33)16-4-8-32(9-5-16)15-23(6-7-23)24(25,26)27/h2-3,10-11,13-14,16H,4-9,12,15H2,1H3. The number of aryl methyl sites for hydroxylation is 1. The summed E-state index contributed by atoms with van der Waals surface area (Å²) in [5.41, 5.74) is 1.87. The quantitative estimate of drug-likeness (QED) is 0.555. The van der Waals surface area contributed by atoms with Crippen LogP contribution < -0.4 is 0 Å². The van der Waals surface area contributed by atoms with Gasteiger partial charge in [-0.25, -0.2) is 0 Å². The van der Waals surface area contributed by atoms with Gasteiger partial charge in [0.2, 0.25) is 0 Å². The summed E-state index contributed by atoms with van der Waals surface area (Å²) in [7, 11) is 1.87. The van der Waals surface area contributed by atoms with Crippen LogP contribution in [-0.4, -0.2) is 56.5 Å². The number of carbonyl (C=O) groups excluding carboxylic acids is 1. The highest BCUT2D eigenvalue weighted by molar-refractivity contribution is 5.86. The van der Waals surface area contributed by atoms with Crippen molar-refractivity contribution in [3.8, 4) is 11.1 Å². The predicted molar refractivity (Wildman–Crippen MR) is 117 cm³/mol. The molecule has 0 spiro atoms. The Bertz CT molecular complexity index is 1180. The highest BCUT2D eigenvalue weighted by Gasteiger charge is 2.63. The lowest BCUT2D eigenvalue weighted by Gasteiger charge is -2.34. The zero-order valence-electron chi connectivity index (χ0n) is 18.5. The molecule has 2 aliphatic rings. The number of halogens is 3. The Morgan fingerprint density at radius 2 is 1.88 bits per heavy atom. The Labute approximate surface area is 189 Å². The number of likely N-dealkylation sites (tertiary alicyclic amines) is 1. The van der Waals surface area contributed by atoms with E-state index in [0.717, 1.165) is 22.0 Å². The van der Waals surface area contributed by atoms with E-state index in [1.54, 1.807) is 10.9 Å². The third-order valence-corrected chi connectivity index (χ3v) is 7.05. The molecule has 174 valence electrons. The monoisotopic (exact) mass is 457 g/mol. The maximum atomic E-state index is 13.2. The van der Waals surface area contributed by atoms with Crippen molar-refractivity contribution in [2.75, 3.05) is 19.6 Å². The first-order valence-corrected chi connectivity index (χ1v) is 11.3. The first-order valence-electron chi connectivity index (χ1n) is 11.3. The van der Waals surface area contributed by atoms with Gasteiger partial charge in [-0.1, -0.05) is 6.07 Å². The first-order chi connectivity index (χ1) is 15.7. The van der Waals surface area contributed by atoms with Gasteiger partial charge >= 0.3 is 6.18 Å². The number of nitrogens with zero attached hydrogens (tertiary/aromatic N) is 5. The fourth-order valence-electron chi connectivity index (χ4n) is 4.77. The Balaban J connectivity index is 1.21. The van der Waals surface area contributed by atoms with Gasteiger partial charge < -0.3 is 4.90 Å². The van der Waals surface area contributed by atoms with Crippen LogP contribution >= 0.6 is 0 Å². The first kappa shape index (κ1) is 22.0. The number of fused-ring (bicyclic) bond motifs is 1. The number of hydrogen-bond donors (Lipinski definition) is 0. The van der Waals surface area contributed by atoms with Gasteiger partial charge in [0.15, 0.2) is 0 Å². The predicted octanol–water partition coefficient (Wildman–Crippen LogP) is 4.20. The van der Waals surface area contributed by atoms with E-state index >= 15 is 0 Å². The zero-order chi connectivity index (χ0) is 23.2. The number of carbonyl (C=O) groups is 1. The molecule has 0 atom stereocenters. The summed E-state index contributed by atoms with van der Waals surface area (Å²) >= 11 is 0. The van der Waals surface area contributed by atoms with Gasteiger partial charge in [-0.3, -0.25) is 9.48 Å². The molecule has 1 saturated carbocycles. The zero-order valence-corrected chi connectivity index (χ0v) is 18.5. The molecule has 6 nitrogen and oxygen atoms in total. The van der Waals surface area contributed by atoms with Crippen LogP contribution in [-0.2, 0) is 18.3 Å². The van der Waals surface area contributed by atoms with E-state index in [1.807, 2.05) is 42.4 Å². The van der Waals surface area contributed by atoms with Crippen molar-refractivity contribution in [2.45, 2.75) is 38.3 Å². The van der Waals surface area contributed by atoms with E-state index < -0.39 is 11.6 Å². The molecule has 5 rings (SSSR count). The molecular formula is C24H26F3N5O. The van der Waals surface area contributed by atoms with Gasteiger partial charge in [-0.2, -0.15) is 28.5 Å². The van der Waals surface area contributed by atoms with Crippen LogP contribution in [0.15, 0.2) is 36.7 Å². The van der Waals surface area contributed by atoms with Crippen molar-refractivity contribution < 1.29 is 18.0 Å². The molecule has 1 saturated heterocycles. The van der Waals surface area contributed by atoms with Crippen molar-refractivity contribution in [2.24, 2.45) is 18.4 Å². The van der Waals surface area contributed by atoms with Crippen LogP contribution in [0.25, 0.3) is 22.0 Å². The lowest BCUT2D eigenvalue weighted by molar-refractivity contribution is -0.192. The topological polar surface area (TPSA) is 63.9 Å². The van der Waals surface area contributed by atoms with Crippen molar-refractivity contribution >= 4 is 16.7 Å². The molecule has 9 heteroatoms. The normalized spacial score (nSPS) is 19.2. The van der Waals surface area contributed by atoms with Crippen LogP contribution in [0.3, 0.4) is 0 Å². The Morgan fingerprint density at radius 1 is 1.12 bits per heavy atom. The van der Waals surface area contributed by atoms with Crippen molar-refractivity contribution in [3.05, 3.63) is 42.4 Å². The minimum atomic E-state index is -4.13. The molecule has 2 fully saturated rings. The van der Waals surface area contributed by atoms with Gasteiger partial charge in [0.05, 0.1) is 29.2 Å². The minimum absolute atomic E-state index is 0.0623. The van der Waals surface area contributed by atoms with Crippen molar-refractivity contribution in [3.63, 3.8) is 0 Å². The molecule has 1 aliphatic heterocycles. The van der Waals surface area contributed by atoms with Crippen molar-refractivity contribution in [1.82, 2.24) is 24.9 Å². The van der Waals surface area contributed by atoms with Gasteiger partial charge in [-0.05, 0) is 62.5 Å². The SMILES string of the molecule is Cn1cc(-c2ccc3nnc(CC(=O)C4CCN(CC5(C(F)(F)F)CC5)CC4)cc3c2)cn1. The Hall–Kier alpha value is -2.81. The van der Waals surface area contributed by atoms with E-state index in [2.05, 4.69) is 15.3 Å². The number of hydrogen-bond acceptors (Lipinski definition) is 5. The maximum absolute atomic E-state index is 13.2. The molecule has 33 heavy (non-hydrogen) atoms. The van der Waals surface area contributed by atoms with E-state index in [4.69, 9.17) is 0 Å². The second-order valence-electron chi connectivity index (χ2n) is 9.48. The summed E-state index contributed by atoms with van der Waals surface area (Å²) in [5.74, 6) is -0.0508. The second kappa shape index (κ2) is 8.20. The highest BCUT2D eigenvalue weighted by atomic mass is 19.4. The van der Waals surface area contributed by atoms with Crippen LogP contribution in [0.5, 0.6) is 0 Å². The van der Waals surface area contributed by atoms with Crippen LogP contribution in [0.1, 0.15) is 31.4 Å². The van der Waals surface area contributed by atoms with Gasteiger partial charge in [0.25, 0.3) is 0 Å².